The second-order valence-corrected chi connectivity index (χ2v) is 4.42. The van der Waals surface area contributed by atoms with Crippen molar-refractivity contribution in [2.24, 2.45) is 0 Å². The Morgan fingerprint density at radius 1 is 1.28 bits per heavy atom. The summed E-state index contributed by atoms with van der Waals surface area (Å²) in [7, 11) is 0. The van der Waals surface area contributed by atoms with Crippen molar-refractivity contribution < 1.29 is 4.79 Å². The molecule has 0 saturated carbocycles. The van der Waals surface area contributed by atoms with Gasteiger partial charge in [-0.25, -0.2) is 0 Å². The maximum Gasteiger partial charge on any atom is 0.220 e. The van der Waals surface area contributed by atoms with Crippen molar-refractivity contribution in [3.8, 4) is 0 Å². The zero-order valence-electron chi connectivity index (χ0n) is 10.6. The lowest BCUT2D eigenvalue weighted by Gasteiger charge is -2.06. The molecule has 1 heterocycles. The minimum Gasteiger partial charge on any atom is -0.367 e. The van der Waals surface area contributed by atoms with Gasteiger partial charge in [0.05, 0.1) is 0 Å². The normalized spacial score (nSPS) is 10.3. The smallest absolute Gasteiger partial charge is 0.220 e. The van der Waals surface area contributed by atoms with Gasteiger partial charge in [0.15, 0.2) is 0 Å². The number of carbonyl (C=O) groups is 1. The first-order valence-electron chi connectivity index (χ1n) is 6.18. The first kappa shape index (κ1) is 12.4. The van der Waals surface area contributed by atoms with Gasteiger partial charge in [-0.2, -0.15) is 0 Å². The molecule has 0 bridgehead atoms. The third-order valence-corrected chi connectivity index (χ3v) is 3.03. The molecule has 0 fully saturated rings. The Morgan fingerprint density at radius 2 is 2.11 bits per heavy atom. The zero-order valence-corrected chi connectivity index (χ0v) is 10.6. The second kappa shape index (κ2) is 6.05. The van der Waals surface area contributed by atoms with Gasteiger partial charge >= 0.3 is 0 Å². The number of amides is 1. The minimum absolute atomic E-state index is 0.0967. The highest BCUT2D eigenvalue weighted by molar-refractivity contribution is 5.76. The number of hydrogen-bond donors (Lipinski definition) is 2. The van der Waals surface area contributed by atoms with Crippen molar-refractivity contribution in [3.63, 3.8) is 0 Å². The van der Waals surface area contributed by atoms with Crippen LogP contribution in [0.4, 0.5) is 0 Å². The molecule has 1 aromatic carbocycles. The van der Waals surface area contributed by atoms with E-state index in [0.717, 1.165) is 12.0 Å². The van der Waals surface area contributed by atoms with E-state index in [1.807, 2.05) is 30.6 Å². The van der Waals surface area contributed by atoms with E-state index in [4.69, 9.17) is 0 Å². The number of aryl methyl sites for hydroxylation is 2. The largest absolute Gasteiger partial charge is 0.367 e. The first-order chi connectivity index (χ1) is 8.75. The molecule has 1 aromatic heterocycles. The van der Waals surface area contributed by atoms with Crippen molar-refractivity contribution in [2.75, 3.05) is 0 Å². The maximum atomic E-state index is 11.7. The van der Waals surface area contributed by atoms with Crippen LogP contribution < -0.4 is 5.32 Å². The predicted molar refractivity (Wildman–Crippen MR) is 72.1 cm³/mol. The number of aromatic nitrogens is 1. The molecule has 0 saturated heterocycles. The molecular weight excluding hydrogens is 224 g/mol. The Labute approximate surface area is 107 Å². The van der Waals surface area contributed by atoms with Gasteiger partial charge in [0, 0.05) is 25.4 Å². The minimum atomic E-state index is 0.0967. The molecule has 0 aliphatic heterocycles. The molecule has 3 heteroatoms. The lowest BCUT2D eigenvalue weighted by molar-refractivity contribution is -0.121. The lowest BCUT2D eigenvalue weighted by Crippen LogP contribution is -2.22. The summed E-state index contributed by atoms with van der Waals surface area (Å²) < 4.78 is 0. The lowest BCUT2D eigenvalue weighted by atomic mass is 10.0. The number of benzene rings is 1. The summed E-state index contributed by atoms with van der Waals surface area (Å²) in [5.41, 5.74) is 3.59. The molecule has 0 aliphatic rings. The fraction of sp³-hybridized carbons (Fsp3) is 0.267. The quantitative estimate of drug-likeness (QED) is 0.831. The van der Waals surface area contributed by atoms with Crippen molar-refractivity contribution in [1.82, 2.24) is 10.3 Å². The van der Waals surface area contributed by atoms with Crippen LogP contribution in [-0.4, -0.2) is 10.9 Å². The van der Waals surface area contributed by atoms with Crippen molar-refractivity contribution in [2.45, 2.75) is 26.3 Å². The molecule has 0 radical (unpaired) electrons. The van der Waals surface area contributed by atoms with E-state index in [1.165, 1.54) is 11.1 Å². The SMILES string of the molecule is Cc1ccccc1CCC(=O)NCc1cc[nH]c1. The number of aromatic amines is 1. The summed E-state index contributed by atoms with van der Waals surface area (Å²) in [6.07, 6.45) is 5.08. The molecule has 0 spiro atoms. The highest BCUT2D eigenvalue weighted by Crippen LogP contribution is 2.09. The molecule has 18 heavy (non-hydrogen) atoms. The van der Waals surface area contributed by atoms with Gasteiger partial charge in [0.1, 0.15) is 0 Å². The molecule has 0 unspecified atom stereocenters. The topological polar surface area (TPSA) is 44.9 Å². The number of nitrogens with one attached hydrogen (secondary N) is 2. The molecule has 2 N–H and O–H groups in total. The third-order valence-electron chi connectivity index (χ3n) is 3.03. The van der Waals surface area contributed by atoms with E-state index in [2.05, 4.69) is 29.4 Å². The van der Waals surface area contributed by atoms with E-state index in [9.17, 15) is 4.79 Å². The fourth-order valence-corrected chi connectivity index (χ4v) is 1.90. The van der Waals surface area contributed by atoms with Crippen LogP contribution in [0, 0.1) is 6.92 Å². The molecule has 2 aromatic rings. The average molecular weight is 242 g/mol. The summed E-state index contributed by atoms with van der Waals surface area (Å²) >= 11 is 0. The van der Waals surface area contributed by atoms with Crippen LogP contribution in [-0.2, 0) is 17.8 Å². The summed E-state index contributed by atoms with van der Waals surface area (Å²) in [6, 6.07) is 10.1. The number of hydrogen-bond acceptors (Lipinski definition) is 1. The number of H-pyrrole nitrogens is 1. The highest BCUT2D eigenvalue weighted by Gasteiger charge is 2.03. The van der Waals surface area contributed by atoms with Crippen LogP contribution in [0.5, 0.6) is 0 Å². The Hall–Kier alpha value is -2.03. The molecule has 94 valence electrons. The maximum absolute atomic E-state index is 11.7. The summed E-state index contributed by atoms with van der Waals surface area (Å²) in [6.45, 7) is 2.67. The molecule has 3 nitrogen and oxygen atoms in total. The zero-order chi connectivity index (χ0) is 12.8. The standard InChI is InChI=1S/C15H18N2O/c1-12-4-2-3-5-14(12)6-7-15(18)17-11-13-8-9-16-10-13/h2-5,8-10,16H,6-7,11H2,1H3,(H,17,18). The van der Waals surface area contributed by atoms with E-state index in [0.29, 0.717) is 13.0 Å². The molecule has 1 amide bonds. The van der Waals surface area contributed by atoms with Crippen LogP contribution in [0.25, 0.3) is 0 Å². The molecular formula is C15H18N2O. The van der Waals surface area contributed by atoms with Gasteiger partial charge in [0.2, 0.25) is 5.91 Å². The average Bonchev–Trinajstić information content (AvgIpc) is 2.88. The fourth-order valence-electron chi connectivity index (χ4n) is 1.90. The van der Waals surface area contributed by atoms with Gasteiger partial charge in [-0.1, -0.05) is 24.3 Å². The monoisotopic (exact) mass is 242 g/mol. The van der Waals surface area contributed by atoms with Crippen molar-refractivity contribution in [1.29, 1.82) is 0 Å². The van der Waals surface area contributed by atoms with Crippen molar-refractivity contribution >= 4 is 5.91 Å². The van der Waals surface area contributed by atoms with E-state index in [1.54, 1.807) is 0 Å². The first-order valence-corrected chi connectivity index (χ1v) is 6.18. The van der Waals surface area contributed by atoms with Crippen LogP contribution in [0.15, 0.2) is 42.7 Å². The van der Waals surface area contributed by atoms with E-state index in [-0.39, 0.29) is 5.91 Å². The van der Waals surface area contributed by atoms with Crippen molar-refractivity contribution in [3.05, 3.63) is 59.4 Å². The van der Waals surface area contributed by atoms with Gasteiger partial charge in [-0.05, 0) is 36.1 Å². The Balaban J connectivity index is 1.77. The van der Waals surface area contributed by atoms with Crippen LogP contribution >= 0.6 is 0 Å². The molecule has 2 rings (SSSR count). The van der Waals surface area contributed by atoms with Gasteiger partial charge in [-0.15, -0.1) is 0 Å². The summed E-state index contributed by atoms with van der Waals surface area (Å²) in [4.78, 5) is 14.7. The Kier molecular flexibility index (Phi) is 4.18. The predicted octanol–water partition coefficient (Wildman–Crippen LogP) is 2.57. The Bertz CT molecular complexity index is 503. The van der Waals surface area contributed by atoms with Gasteiger partial charge < -0.3 is 10.3 Å². The van der Waals surface area contributed by atoms with Crippen LogP contribution in [0.1, 0.15) is 23.1 Å². The number of rotatable bonds is 5. The van der Waals surface area contributed by atoms with Crippen LogP contribution in [0.2, 0.25) is 0 Å². The Morgan fingerprint density at radius 3 is 2.83 bits per heavy atom. The molecule has 0 aliphatic carbocycles. The van der Waals surface area contributed by atoms with E-state index < -0.39 is 0 Å². The van der Waals surface area contributed by atoms with E-state index >= 15 is 0 Å². The molecule has 0 atom stereocenters. The summed E-state index contributed by atoms with van der Waals surface area (Å²) in [5, 5.41) is 2.92. The second-order valence-electron chi connectivity index (χ2n) is 4.42. The van der Waals surface area contributed by atoms with Gasteiger partial charge in [0.25, 0.3) is 0 Å². The van der Waals surface area contributed by atoms with Gasteiger partial charge in [-0.3, -0.25) is 4.79 Å². The number of carbonyl (C=O) groups excluding carboxylic acids is 1. The third kappa shape index (κ3) is 3.48. The van der Waals surface area contributed by atoms with Crippen LogP contribution in [0.3, 0.4) is 0 Å². The highest BCUT2D eigenvalue weighted by atomic mass is 16.1. The summed E-state index contributed by atoms with van der Waals surface area (Å²) in [5.74, 6) is 0.0967.